The molecule has 0 aliphatic carbocycles. The number of pyridine rings is 1. The van der Waals surface area contributed by atoms with Crippen LogP contribution in [0.4, 0.5) is 0 Å². The summed E-state index contributed by atoms with van der Waals surface area (Å²) in [6, 6.07) is 12.7. The summed E-state index contributed by atoms with van der Waals surface area (Å²) in [4.78, 5) is 12.0. The summed E-state index contributed by atoms with van der Waals surface area (Å²) in [5, 5.41) is 11.5. The molecule has 0 saturated carbocycles. The Labute approximate surface area is 126 Å². The molecule has 1 aromatic carbocycles. The van der Waals surface area contributed by atoms with E-state index in [0.29, 0.717) is 23.6 Å². The maximum absolute atomic E-state index is 12.0. The van der Waals surface area contributed by atoms with E-state index in [0.717, 1.165) is 11.5 Å². The molecule has 0 saturated heterocycles. The Kier molecular flexibility index (Phi) is 3.83. The van der Waals surface area contributed by atoms with E-state index >= 15 is 0 Å². The van der Waals surface area contributed by atoms with Crippen LogP contribution in [0.3, 0.4) is 0 Å². The molecule has 3 aromatic rings. The summed E-state index contributed by atoms with van der Waals surface area (Å²) >= 11 is 5.99. The number of carbonyl (C=O) groups excluding carboxylic acids is 1. The van der Waals surface area contributed by atoms with E-state index in [1.54, 1.807) is 24.3 Å². The molecular weight excluding hydrogens is 288 g/mol. The van der Waals surface area contributed by atoms with Gasteiger partial charge >= 0.3 is 0 Å². The minimum absolute atomic E-state index is 0.186. The zero-order valence-corrected chi connectivity index (χ0v) is 11.9. The van der Waals surface area contributed by atoms with Crippen molar-refractivity contribution in [1.29, 1.82) is 0 Å². The van der Waals surface area contributed by atoms with Crippen LogP contribution in [0.25, 0.3) is 5.65 Å². The minimum Gasteiger partial charge on any atom is -0.352 e. The second-order valence-electron chi connectivity index (χ2n) is 4.53. The number of rotatable bonds is 4. The van der Waals surface area contributed by atoms with Crippen LogP contribution in [-0.2, 0) is 6.42 Å². The topological polar surface area (TPSA) is 59.3 Å². The first-order valence-electron chi connectivity index (χ1n) is 6.57. The Morgan fingerprint density at radius 2 is 1.95 bits per heavy atom. The summed E-state index contributed by atoms with van der Waals surface area (Å²) in [5.74, 6) is 0.625. The van der Waals surface area contributed by atoms with Gasteiger partial charge < -0.3 is 5.32 Å². The standard InChI is InChI=1S/C15H13ClN4O/c16-12-6-2-1-5-11(12)15(21)17-9-8-14-19-18-13-7-3-4-10-20(13)14/h1-7,10H,8-9H2,(H,17,21). The Morgan fingerprint density at radius 3 is 2.81 bits per heavy atom. The smallest absolute Gasteiger partial charge is 0.252 e. The highest BCUT2D eigenvalue weighted by Crippen LogP contribution is 2.14. The Bertz CT molecular complexity index is 784. The van der Waals surface area contributed by atoms with Crippen LogP contribution in [0.5, 0.6) is 0 Å². The van der Waals surface area contributed by atoms with E-state index in [9.17, 15) is 4.79 Å². The highest BCUT2D eigenvalue weighted by molar-refractivity contribution is 6.33. The highest BCUT2D eigenvalue weighted by Gasteiger charge is 2.10. The number of hydrogen-bond acceptors (Lipinski definition) is 3. The molecule has 0 fully saturated rings. The lowest BCUT2D eigenvalue weighted by Gasteiger charge is -2.06. The summed E-state index contributed by atoms with van der Waals surface area (Å²) < 4.78 is 1.90. The molecule has 0 aliphatic heterocycles. The van der Waals surface area contributed by atoms with Gasteiger partial charge in [-0.25, -0.2) is 0 Å². The molecule has 2 aromatic heterocycles. The molecule has 0 unspecified atom stereocenters. The molecule has 0 bridgehead atoms. The van der Waals surface area contributed by atoms with E-state index in [1.807, 2.05) is 28.8 Å². The van der Waals surface area contributed by atoms with Gasteiger partial charge in [-0.05, 0) is 24.3 Å². The third kappa shape index (κ3) is 2.87. The van der Waals surface area contributed by atoms with Gasteiger partial charge in [0.25, 0.3) is 5.91 Å². The number of hydrogen-bond donors (Lipinski definition) is 1. The van der Waals surface area contributed by atoms with Gasteiger partial charge in [-0.1, -0.05) is 29.8 Å². The van der Waals surface area contributed by atoms with Crippen LogP contribution in [-0.4, -0.2) is 27.0 Å². The number of carbonyl (C=O) groups is 1. The van der Waals surface area contributed by atoms with Crippen molar-refractivity contribution in [1.82, 2.24) is 19.9 Å². The SMILES string of the molecule is O=C(NCCc1nnc2ccccn12)c1ccccc1Cl. The van der Waals surface area contributed by atoms with E-state index in [-0.39, 0.29) is 5.91 Å². The second kappa shape index (κ2) is 5.93. The number of amides is 1. The van der Waals surface area contributed by atoms with Gasteiger partial charge in [-0.3, -0.25) is 9.20 Å². The molecule has 0 spiro atoms. The van der Waals surface area contributed by atoms with Crippen LogP contribution in [0.15, 0.2) is 48.7 Å². The first-order chi connectivity index (χ1) is 10.3. The van der Waals surface area contributed by atoms with Crippen molar-refractivity contribution in [3.63, 3.8) is 0 Å². The van der Waals surface area contributed by atoms with Gasteiger partial charge in [0.15, 0.2) is 5.65 Å². The maximum Gasteiger partial charge on any atom is 0.252 e. The van der Waals surface area contributed by atoms with Crippen LogP contribution in [0.2, 0.25) is 5.02 Å². The lowest BCUT2D eigenvalue weighted by Crippen LogP contribution is -2.26. The summed E-state index contributed by atoms with van der Waals surface area (Å²) in [7, 11) is 0. The molecule has 3 rings (SSSR count). The molecule has 1 N–H and O–H groups in total. The van der Waals surface area contributed by atoms with Gasteiger partial charge in [0.05, 0.1) is 10.6 Å². The van der Waals surface area contributed by atoms with Crippen molar-refractivity contribution in [2.45, 2.75) is 6.42 Å². The van der Waals surface area contributed by atoms with E-state index in [4.69, 9.17) is 11.6 Å². The fraction of sp³-hybridized carbons (Fsp3) is 0.133. The fourth-order valence-corrected chi connectivity index (χ4v) is 2.31. The molecular formula is C15H13ClN4O. The van der Waals surface area contributed by atoms with Crippen molar-refractivity contribution in [2.75, 3.05) is 6.54 Å². The number of fused-ring (bicyclic) bond motifs is 1. The van der Waals surface area contributed by atoms with Crippen LogP contribution >= 0.6 is 11.6 Å². The monoisotopic (exact) mass is 300 g/mol. The molecule has 0 radical (unpaired) electrons. The third-order valence-corrected chi connectivity index (χ3v) is 3.47. The first kappa shape index (κ1) is 13.6. The van der Waals surface area contributed by atoms with Gasteiger partial charge in [0.1, 0.15) is 5.82 Å². The molecule has 5 nitrogen and oxygen atoms in total. The summed E-state index contributed by atoms with van der Waals surface area (Å²) in [5.41, 5.74) is 1.27. The summed E-state index contributed by atoms with van der Waals surface area (Å²) in [6.45, 7) is 0.472. The molecule has 2 heterocycles. The fourth-order valence-electron chi connectivity index (χ4n) is 2.09. The predicted molar refractivity (Wildman–Crippen MR) is 80.5 cm³/mol. The number of benzene rings is 1. The highest BCUT2D eigenvalue weighted by atomic mass is 35.5. The molecule has 1 amide bonds. The predicted octanol–water partition coefficient (Wildman–Crippen LogP) is 2.36. The first-order valence-corrected chi connectivity index (χ1v) is 6.95. The van der Waals surface area contributed by atoms with Crippen molar-refractivity contribution in [2.24, 2.45) is 0 Å². The number of halogens is 1. The van der Waals surface area contributed by atoms with Gasteiger partial charge in [0, 0.05) is 19.2 Å². The van der Waals surface area contributed by atoms with Crippen molar-refractivity contribution in [3.8, 4) is 0 Å². The van der Waals surface area contributed by atoms with E-state index in [2.05, 4.69) is 15.5 Å². The average Bonchev–Trinajstić information content (AvgIpc) is 2.91. The Hall–Kier alpha value is -2.40. The molecule has 21 heavy (non-hydrogen) atoms. The van der Waals surface area contributed by atoms with Crippen LogP contribution in [0.1, 0.15) is 16.2 Å². The number of nitrogens with one attached hydrogen (secondary N) is 1. The second-order valence-corrected chi connectivity index (χ2v) is 4.94. The molecule has 106 valence electrons. The third-order valence-electron chi connectivity index (χ3n) is 3.14. The number of aromatic nitrogens is 3. The van der Waals surface area contributed by atoms with E-state index in [1.165, 1.54) is 0 Å². The van der Waals surface area contributed by atoms with Crippen molar-refractivity contribution < 1.29 is 4.79 Å². The molecule has 6 heteroatoms. The maximum atomic E-state index is 12.0. The minimum atomic E-state index is -0.186. The van der Waals surface area contributed by atoms with Crippen molar-refractivity contribution >= 4 is 23.2 Å². The van der Waals surface area contributed by atoms with Crippen LogP contribution in [0, 0.1) is 0 Å². The zero-order chi connectivity index (χ0) is 14.7. The van der Waals surface area contributed by atoms with Gasteiger partial charge in [0.2, 0.25) is 0 Å². The lowest BCUT2D eigenvalue weighted by atomic mass is 10.2. The summed E-state index contributed by atoms with van der Waals surface area (Å²) in [6.07, 6.45) is 2.50. The normalized spacial score (nSPS) is 10.7. The largest absolute Gasteiger partial charge is 0.352 e. The molecule has 0 atom stereocenters. The number of nitrogens with zero attached hydrogens (tertiary/aromatic N) is 3. The van der Waals surface area contributed by atoms with Gasteiger partial charge in [-0.2, -0.15) is 0 Å². The average molecular weight is 301 g/mol. The molecule has 0 aliphatic rings. The van der Waals surface area contributed by atoms with Gasteiger partial charge in [-0.15, -0.1) is 10.2 Å². The Morgan fingerprint density at radius 1 is 1.14 bits per heavy atom. The van der Waals surface area contributed by atoms with E-state index < -0.39 is 0 Å². The lowest BCUT2D eigenvalue weighted by molar-refractivity contribution is 0.0954. The quantitative estimate of drug-likeness (QED) is 0.804. The van der Waals surface area contributed by atoms with Crippen LogP contribution < -0.4 is 5.32 Å². The Balaban J connectivity index is 1.64. The van der Waals surface area contributed by atoms with Crippen molar-refractivity contribution in [3.05, 3.63) is 65.1 Å². The zero-order valence-electron chi connectivity index (χ0n) is 11.2.